The van der Waals surface area contributed by atoms with Crippen LogP contribution in [0.15, 0.2) is 79.1 Å². The van der Waals surface area contributed by atoms with E-state index in [1.807, 2.05) is 6.07 Å². The van der Waals surface area contributed by atoms with Crippen molar-refractivity contribution >= 4 is 46.0 Å². The molecule has 3 N–H and O–H groups in total. The number of pyridine rings is 1. The van der Waals surface area contributed by atoms with Crippen molar-refractivity contribution < 1.29 is 18.8 Å². The van der Waals surface area contributed by atoms with Crippen molar-refractivity contribution in [2.75, 3.05) is 11.9 Å². The largest absolute Gasteiger partial charge is 0.364 e. The summed E-state index contributed by atoms with van der Waals surface area (Å²) in [6.45, 7) is -0.628. The average Bonchev–Trinajstić information content (AvgIpc) is 3.61. The van der Waals surface area contributed by atoms with Crippen molar-refractivity contribution in [2.45, 2.75) is 25.2 Å². The van der Waals surface area contributed by atoms with E-state index in [1.165, 1.54) is 9.58 Å². The molecule has 0 radical (unpaired) electrons. The Hall–Kier alpha value is -5.67. The molecule has 13 heteroatoms. The zero-order valence-corrected chi connectivity index (χ0v) is 24.3. The minimum atomic E-state index is -1.41. The molecule has 3 amide bonds. The molecule has 2 aromatic carbocycles. The number of nitrogens with one attached hydrogen (secondary N) is 1. The molecule has 224 valence electrons. The van der Waals surface area contributed by atoms with Crippen LogP contribution in [0, 0.1) is 11.8 Å². The highest BCUT2D eigenvalue weighted by Crippen LogP contribution is 2.28. The van der Waals surface area contributed by atoms with Crippen molar-refractivity contribution in [2.24, 2.45) is 5.73 Å². The van der Waals surface area contributed by atoms with Crippen molar-refractivity contribution in [3.63, 3.8) is 0 Å². The van der Waals surface area contributed by atoms with E-state index in [4.69, 9.17) is 17.3 Å². The number of amides is 3. The number of nitrogens with two attached hydrogens (primary N) is 1. The summed E-state index contributed by atoms with van der Waals surface area (Å²) in [6.07, 6.45) is 1.56. The summed E-state index contributed by atoms with van der Waals surface area (Å²) in [4.78, 5) is 52.8. The number of carbonyl (C=O) groups is 3. The molecule has 45 heavy (non-hydrogen) atoms. The van der Waals surface area contributed by atoms with E-state index in [1.54, 1.807) is 73.1 Å². The number of hydrogen-bond donors (Lipinski definition) is 2. The zero-order chi connectivity index (χ0) is 31.5. The molecule has 5 aromatic rings. The van der Waals surface area contributed by atoms with E-state index in [0.29, 0.717) is 38.6 Å². The molecule has 1 fully saturated rings. The third-order valence-electron chi connectivity index (χ3n) is 7.18. The van der Waals surface area contributed by atoms with Crippen LogP contribution in [-0.4, -0.2) is 66.1 Å². The number of halogens is 2. The Morgan fingerprint density at radius 2 is 1.82 bits per heavy atom. The molecule has 1 saturated heterocycles. The van der Waals surface area contributed by atoms with Gasteiger partial charge in [0.05, 0.1) is 17.8 Å². The Bertz CT molecular complexity index is 2010. The Morgan fingerprint density at radius 1 is 1.02 bits per heavy atom. The maximum absolute atomic E-state index is 14.6. The Morgan fingerprint density at radius 3 is 2.60 bits per heavy atom. The summed E-state index contributed by atoms with van der Waals surface area (Å²) < 4.78 is 16.0. The van der Waals surface area contributed by atoms with Gasteiger partial charge in [-0.15, -0.1) is 0 Å². The number of primary amides is 1. The van der Waals surface area contributed by atoms with Gasteiger partial charge in [-0.25, -0.2) is 19.3 Å². The van der Waals surface area contributed by atoms with Crippen LogP contribution in [0.5, 0.6) is 0 Å². The molecule has 2 atom stereocenters. The lowest BCUT2D eigenvalue weighted by atomic mass is 10.1. The lowest BCUT2D eigenvalue weighted by Gasteiger charge is -2.23. The third-order valence-corrected chi connectivity index (χ3v) is 7.51. The Balaban J connectivity index is 1.21. The molecule has 6 rings (SSSR count). The van der Waals surface area contributed by atoms with Crippen molar-refractivity contribution in [1.82, 2.24) is 29.6 Å². The predicted molar refractivity (Wildman–Crippen MR) is 165 cm³/mol. The maximum atomic E-state index is 14.6. The van der Waals surface area contributed by atoms with Crippen LogP contribution in [0.3, 0.4) is 0 Å². The number of nitrogens with zero attached hydrogens (tertiary/aromatic N) is 6. The second kappa shape index (κ2) is 12.5. The summed E-state index contributed by atoms with van der Waals surface area (Å²) in [7, 11) is 0. The fourth-order valence-electron chi connectivity index (χ4n) is 5.11. The smallest absolute Gasteiger partial charge is 0.269 e. The predicted octanol–water partition coefficient (Wildman–Crippen LogP) is 3.62. The minimum Gasteiger partial charge on any atom is -0.364 e. The summed E-state index contributed by atoms with van der Waals surface area (Å²) in [6, 6.07) is 17.8. The molecule has 0 saturated carbocycles. The molecule has 0 aliphatic carbocycles. The molecular weight excluding hydrogens is 599 g/mol. The summed E-state index contributed by atoms with van der Waals surface area (Å²) >= 11 is 6.30. The lowest BCUT2D eigenvalue weighted by Crippen LogP contribution is -2.44. The first-order valence-electron chi connectivity index (χ1n) is 13.8. The van der Waals surface area contributed by atoms with Gasteiger partial charge in [-0.1, -0.05) is 41.8 Å². The van der Waals surface area contributed by atoms with Gasteiger partial charge in [-0.2, -0.15) is 5.10 Å². The molecule has 0 bridgehead atoms. The quantitative estimate of drug-likeness (QED) is 0.275. The van der Waals surface area contributed by atoms with Gasteiger partial charge in [0.25, 0.3) is 5.91 Å². The van der Waals surface area contributed by atoms with Crippen molar-refractivity contribution in [1.29, 1.82) is 0 Å². The summed E-state index contributed by atoms with van der Waals surface area (Å²) in [5, 5.41) is 7.86. The number of aromatic nitrogens is 5. The summed E-state index contributed by atoms with van der Waals surface area (Å²) in [5.74, 6) is 4.40. The van der Waals surface area contributed by atoms with Crippen LogP contribution in [0.1, 0.15) is 28.3 Å². The molecule has 1 aliphatic heterocycles. The van der Waals surface area contributed by atoms with E-state index in [2.05, 4.69) is 37.2 Å². The first-order chi connectivity index (χ1) is 21.8. The van der Waals surface area contributed by atoms with Crippen molar-refractivity contribution in [3.05, 3.63) is 101 Å². The van der Waals surface area contributed by atoms with Crippen LogP contribution >= 0.6 is 11.6 Å². The fraction of sp³-hybridized carbons (Fsp3) is 0.156. The normalized spacial score (nSPS) is 15.8. The maximum Gasteiger partial charge on any atom is 0.269 e. The van der Waals surface area contributed by atoms with Crippen LogP contribution in [0.25, 0.3) is 22.2 Å². The highest BCUT2D eigenvalue weighted by molar-refractivity contribution is 6.33. The van der Waals surface area contributed by atoms with Gasteiger partial charge in [0, 0.05) is 40.4 Å². The third kappa shape index (κ3) is 6.34. The highest BCUT2D eigenvalue weighted by atomic mass is 35.5. The molecular formula is C32H24ClFN8O3. The lowest BCUT2D eigenvalue weighted by molar-refractivity contribution is -0.137. The van der Waals surface area contributed by atoms with Gasteiger partial charge in [0.1, 0.15) is 24.6 Å². The number of hydrogen-bond acceptors (Lipinski definition) is 7. The van der Waals surface area contributed by atoms with Gasteiger partial charge in [0.15, 0.2) is 5.69 Å². The molecule has 4 heterocycles. The highest BCUT2D eigenvalue weighted by Gasteiger charge is 2.40. The number of fused-ring (bicyclic) bond motifs is 1. The SMILES string of the molecule is NC(=O)c1nn(CC(=O)N2C[C@H](F)C[C@H]2C(=O)Nc2cccc(-c3ccccc3Cl)n2)c2ccc(C#Cc3ncccn3)cc12. The van der Waals surface area contributed by atoms with E-state index in [0.717, 1.165) is 0 Å². The van der Waals surface area contributed by atoms with Gasteiger partial charge in [-0.3, -0.25) is 19.1 Å². The van der Waals surface area contributed by atoms with Crippen molar-refractivity contribution in [3.8, 4) is 23.1 Å². The van der Waals surface area contributed by atoms with Crippen LogP contribution < -0.4 is 11.1 Å². The van der Waals surface area contributed by atoms with E-state index >= 15 is 0 Å². The van der Waals surface area contributed by atoms with Crippen LogP contribution in [0.2, 0.25) is 5.02 Å². The molecule has 1 aliphatic rings. The first-order valence-corrected chi connectivity index (χ1v) is 14.2. The van der Waals surface area contributed by atoms with E-state index in [-0.39, 0.29) is 31.0 Å². The monoisotopic (exact) mass is 622 g/mol. The number of likely N-dealkylation sites (tertiary alicyclic amines) is 1. The fourth-order valence-corrected chi connectivity index (χ4v) is 5.34. The number of anilines is 1. The van der Waals surface area contributed by atoms with Gasteiger partial charge in [0.2, 0.25) is 17.6 Å². The Kier molecular flexibility index (Phi) is 8.18. The molecule has 11 nitrogen and oxygen atoms in total. The second-order valence-electron chi connectivity index (χ2n) is 10.2. The molecule has 0 unspecified atom stereocenters. The topological polar surface area (TPSA) is 149 Å². The summed E-state index contributed by atoms with van der Waals surface area (Å²) in [5.41, 5.74) is 7.75. The average molecular weight is 623 g/mol. The van der Waals surface area contributed by atoms with Gasteiger partial charge in [-0.05, 0) is 48.4 Å². The van der Waals surface area contributed by atoms with Crippen LogP contribution in [0.4, 0.5) is 10.2 Å². The zero-order valence-electron chi connectivity index (χ0n) is 23.5. The number of carbonyl (C=O) groups excluding carboxylic acids is 3. The van der Waals surface area contributed by atoms with E-state index < -0.39 is 29.9 Å². The minimum absolute atomic E-state index is 0.0547. The number of rotatable bonds is 6. The standard InChI is InChI=1S/C32H24ClFN8O3/c33-23-6-2-1-5-21(23)24-7-3-8-28(38-24)39-32(45)26-16-20(34)17-41(26)29(43)18-42-25-11-9-19(10-12-27-36-13-4-14-37-27)15-22(25)30(40-42)31(35)44/h1-9,11,13-15,20,26H,16-18H2,(H2,35,44)(H,38,39,45)/t20-,26+/m1/s1. The van der Waals surface area contributed by atoms with Crippen LogP contribution in [-0.2, 0) is 16.1 Å². The Labute approximate surface area is 261 Å². The molecule has 0 spiro atoms. The van der Waals surface area contributed by atoms with Gasteiger partial charge >= 0.3 is 0 Å². The number of benzene rings is 2. The second-order valence-corrected chi connectivity index (χ2v) is 10.6. The van der Waals surface area contributed by atoms with E-state index in [9.17, 15) is 18.8 Å². The van der Waals surface area contributed by atoms with Gasteiger partial charge < -0.3 is 16.0 Å². The molecule has 3 aromatic heterocycles. The number of alkyl halides is 1. The first kappa shape index (κ1) is 29.4.